The van der Waals surface area contributed by atoms with E-state index in [-0.39, 0.29) is 18.9 Å². The van der Waals surface area contributed by atoms with Crippen molar-refractivity contribution in [2.24, 2.45) is 0 Å². The number of hydrogen-bond donors (Lipinski definition) is 1. The summed E-state index contributed by atoms with van der Waals surface area (Å²) >= 11 is 0. The number of rotatable bonds is 5. The average Bonchev–Trinajstić information content (AvgIpc) is 2.24. The molecular weight excluding hydrogens is 218 g/mol. The Balaban J connectivity index is 2.14. The Morgan fingerprint density at radius 1 is 1.62 bits per heavy atom. The van der Waals surface area contributed by atoms with E-state index in [9.17, 15) is 13.6 Å². The Labute approximate surface area is 93.9 Å². The molecule has 1 atom stereocenters. The Hall–Kier alpha value is -0.750. The number of amides is 1. The van der Waals surface area contributed by atoms with E-state index in [1.54, 1.807) is 4.90 Å². The predicted octanol–water partition coefficient (Wildman–Crippen LogP) is 0.478. The summed E-state index contributed by atoms with van der Waals surface area (Å²) in [5.41, 5.74) is 0. The van der Waals surface area contributed by atoms with Crippen molar-refractivity contribution in [3.63, 3.8) is 0 Å². The first-order chi connectivity index (χ1) is 7.59. The largest absolute Gasteiger partial charge is 0.375 e. The molecule has 94 valence electrons. The molecule has 1 aliphatic rings. The van der Waals surface area contributed by atoms with E-state index in [0.717, 1.165) is 6.54 Å². The Kier molecular flexibility index (Phi) is 5.62. The van der Waals surface area contributed by atoms with Gasteiger partial charge in [-0.05, 0) is 6.92 Å². The number of nitrogens with one attached hydrogen (secondary N) is 1. The molecule has 1 heterocycles. The zero-order chi connectivity index (χ0) is 12.0. The topological polar surface area (TPSA) is 41.6 Å². The molecule has 16 heavy (non-hydrogen) atoms. The fourth-order valence-electron chi connectivity index (χ4n) is 1.65. The van der Waals surface area contributed by atoms with Gasteiger partial charge in [0.1, 0.15) is 6.61 Å². The SMILES string of the molecule is CC1CN(C(=O)CCOCC(F)F)CCN1. The molecule has 1 N–H and O–H groups in total. The van der Waals surface area contributed by atoms with E-state index in [2.05, 4.69) is 10.1 Å². The van der Waals surface area contributed by atoms with Crippen molar-refractivity contribution in [2.45, 2.75) is 25.8 Å². The molecule has 0 aromatic rings. The molecule has 0 spiro atoms. The van der Waals surface area contributed by atoms with Gasteiger partial charge >= 0.3 is 0 Å². The van der Waals surface area contributed by atoms with Crippen molar-refractivity contribution < 1.29 is 18.3 Å². The van der Waals surface area contributed by atoms with Crippen LogP contribution in [-0.4, -0.2) is 56.1 Å². The molecule has 1 amide bonds. The van der Waals surface area contributed by atoms with E-state index < -0.39 is 13.0 Å². The second kappa shape index (κ2) is 6.75. The van der Waals surface area contributed by atoms with E-state index in [0.29, 0.717) is 19.1 Å². The van der Waals surface area contributed by atoms with Crippen LogP contribution in [0.3, 0.4) is 0 Å². The molecule has 6 heteroatoms. The maximum absolute atomic E-state index is 11.7. The second-order valence-corrected chi connectivity index (χ2v) is 3.91. The molecule has 4 nitrogen and oxygen atoms in total. The third-order valence-electron chi connectivity index (χ3n) is 2.43. The molecule has 1 fully saturated rings. The number of halogens is 2. The quantitative estimate of drug-likeness (QED) is 0.706. The molecule has 0 aromatic carbocycles. The molecule has 0 bridgehead atoms. The molecule has 0 radical (unpaired) electrons. The smallest absolute Gasteiger partial charge is 0.261 e. The lowest BCUT2D eigenvalue weighted by molar-refractivity contribution is -0.133. The number of piperazine rings is 1. The van der Waals surface area contributed by atoms with Crippen molar-refractivity contribution >= 4 is 5.91 Å². The minimum atomic E-state index is -2.46. The summed E-state index contributed by atoms with van der Waals surface area (Å²) in [5.74, 6) is -0.0254. The fourth-order valence-corrected chi connectivity index (χ4v) is 1.65. The van der Waals surface area contributed by atoms with E-state index in [1.807, 2.05) is 6.92 Å². The van der Waals surface area contributed by atoms with Gasteiger partial charge in [0.05, 0.1) is 13.0 Å². The van der Waals surface area contributed by atoms with Crippen LogP contribution in [0, 0.1) is 0 Å². The second-order valence-electron chi connectivity index (χ2n) is 3.91. The minimum absolute atomic E-state index is 0.0254. The van der Waals surface area contributed by atoms with Gasteiger partial charge in [0, 0.05) is 25.7 Å². The van der Waals surface area contributed by atoms with Crippen molar-refractivity contribution in [3.05, 3.63) is 0 Å². The predicted molar refractivity (Wildman–Crippen MR) is 55.5 cm³/mol. The standard InChI is InChI=1S/C10H18F2N2O2/c1-8-6-14(4-3-13-8)10(15)2-5-16-7-9(11)12/h8-9,13H,2-7H2,1H3. The van der Waals surface area contributed by atoms with Gasteiger partial charge in [0.15, 0.2) is 0 Å². The van der Waals surface area contributed by atoms with Crippen LogP contribution in [0.5, 0.6) is 0 Å². The van der Waals surface area contributed by atoms with Crippen LogP contribution in [0.2, 0.25) is 0 Å². The highest BCUT2D eigenvalue weighted by Gasteiger charge is 2.19. The van der Waals surface area contributed by atoms with Crippen molar-refractivity contribution in [1.29, 1.82) is 0 Å². The molecule has 0 saturated carbocycles. The van der Waals surface area contributed by atoms with Crippen LogP contribution in [-0.2, 0) is 9.53 Å². The van der Waals surface area contributed by atoms with Crippen LogP contribution < -0.4 is 5.32 Å². The summed E-state index contributed by atoms with van der Waals surface area (Å²) in [5, 5.41) is 3.22. The Morgan fingerprint density at radius 2 is 2.38 bits per heavy atom. The zero-order valence-electron chi connectivity index (χ0n) is 9.42. The first-order valence-electron chi connectivity index (χ1n) is 5.46. The van der Waals surface area contributed by atoms with E-state index in [1.165, 1.54) is 0 Å². The molecular formula is C10H18F2N2O2. The molecule has 1 aliphatic heterocycles. The molecule has 0 aliphatic carbocycles. The summed E-state index contributed by atoms with van der Waals surface area (Å²) in [7, 11) is 0. The van der Waals surface area contributed by atoms with Gasteiger partial charge in [-0.25, -0.2) is 8.78 Å². The third-order valence-corrected chi connectivity index (χ3v) is 2.43. The van der Waals surface area contributed by atoms with Crippen molar-refractivity contribution in [3.8, 4) is 0 Å². The summed E-state index contributed by atoms with van der Waals surface area (Å²) < 4.78 is 28.1. The summed E-state index contributed by atoms with van der Waals surface area (Å²) in [6.07, 6.45) is -2.28. The number of carbonyl (C=O) groups is 1. The zero-order valence-corrected chi connectivity index (χ0v) is 9.42. The van der Waals surface area contributed by atoms with Crippen LogP contribution in [0.4, 0.5) is 8.78 Å². The summed E-state index contributed by atoms with van der Waals surface area (Å²) in [6.45, 7) is 3.62. The molecule has 1 saturated heterocycles. The van der Waals surface area contributed by atoms with Crippen LogP contribution in [0.15, 0.2) is 0 Å². The van der Waals surface area contributed by atoms with Gasteiger partial charge in [-0.1, -0.05) is 0 Å². The normalized spacial score (nSPS) is 21.5. The lowest BCUT2D eigenvalue weighted by Crippen LogP contribution is -2.51. The third kappa shape index (κ3) is 4.85. The summed E-state index contributed by atoms with van der Waals surface area (Å²) in [4.78, 5) is 13.4. The maximum atomic E-state index is 11.7. The fraction of sp³-hybridized carbons (Fsp3) is 0.900. The number of carbonyl (C=O) groups excluding carboxylic acids is 1. The van der Waals surface area contributed by atoms with E-state index >= 15 is 0 Å². The van der Waals surface area contributed by atoms with Gasteiger partial charge in [0.2, 0.25) is 5.91 Å². The van der Waals surface area contributed by atoms with Gasteiger partial charge in [-0.3, -0.25) is 4.79 Å². The van der Waals surface area contributed by atoms with Gasteiger partial charge < -0.3 is 15.0 Å². The number of hydrogen-bond acceptors (Lipinski definition) is 3. The highest BCUT2D eigenvalue weighted by molar-refractivity contribution is 5.76. The Morgan fingerprint density at radius 3 is 3.00 bits per heavy atom. The van der Waals surface area contributed by atoms with Crippen LogP contribution in [0.1, 0.15) is 13.3 Å². The first kappa shape index (κ1) is 13.3. The van der Waals surface area contributed by atoms with Gasteiger partial charge in [-0.2, -0.15) is 0 Å². The lowest BCUT2D eigenvalue weighted by Gasteiger charge is -2.31. The summed E-state index contributed by atoms with van der Waals surface area (Å²) in [6, 6.07) is 0.291. The molecule has 0 aromatic heterocycles. The molecule has 1 rings (SSSR count). The number of nitrogens with zero attached hydrogens (tertiary/aromatic N) is 1. The highest BCUT2D eigenvalue weighted by atomic mass is 19.3. The first-order valence-corrected chi connectivity index (χ1v) is 5.46. The number of ether oxygens (including phenoxy) is 1. The van der Waals surface area contributed by atoms with Crippen molar-refractivity contribution in [2.75, 3.05) is 32.8 Å². The molecule has 1 unspecified atom stereocenters. The van der Waals surface area contributed by atoms with Gasteiger partial charge in [0.25, 0.3) is 6.43 Å². The Bertz CT molecular complexity index is 227. The van der Waals surface area contributed by atoms with E-state index in [4.69, 9.17) is 0 Å². The van der Waals surface area contributed by atoms with Crippen molar-refractivity contribution in [1.82, 2.24) is 10.2 Å². The minimum Gasteiger partial charge on any atom is -0.375 e. The monoisotopic (exact) mass is 236 g/mol. The average molecular weight is 236 g/mol. The maximum Gasteiger partial charge on any atom is 0.261 e. The van der Waals surface area contributed by atoms with Crippen LogP contribution >= 0.6 is 0 Å². The van der Waals surface area contributed by atoms with Gasteiger partial charge in [-0.15, -0.1) is 0 Å². The number of alkyl halides is 2. The lowest BCUT2D eigenvalue weighted by atomic mass is 10.2. The van der Waals surface area contributed by atoms with Crippen LogP contribution in [0.25, 0.3) is 0 Å². The highest BCUT2D eigenvalue weighted by Crippen LogP contribution is 2.02.